The maximum atomic E-state index is 12.3. The lowest BCUT2D eigenvalue weighted by Gasteiger charge is -2.25. The van der Waals surface area contributed by atoms with Crippen molar-refractivity contribution in [1.29, 1.82) is 0 Å². The molecule has 0 fully saturated rings. The van der Waals surface area contributed by atoms with Gasteiger partial charge in [-0.3, -0.25) is 4.79 Å². The van der Waals surface area contributed by atoms with E-state index in [1.165, 1.54) is 0 Å². The summed E-state index contributed by atoms with van der Waals surface area (Å²) in [4.78, 5) is 12.3. The molecule has 2 aromatic rings. The third-order valence-electron chi connectivity index (χ3n) is 4.04. The van der Waals surface area contributed by atoms with Gasteiger partial charge in [0.05, 0.1) is 24.6 Å². The van der Waals surface area contributed by atoms with Crippen LogP contribution in [0, 0.1) is 5.92 Å². The van der Waals surface area contributed by atoms with Crippen LogP contribution in [0.1, 0.15) is 5.56 Å². The summed E-state index contributed by atoms with van der Waals surface area (Å²) < 4.78 is 16.6. The lowest BCUT2D eigenvalue weighted by Crippen LogP contribution is -2.39. The quantitative estimate of drug-likeness (QED) is 0.803. The Morgan fingerprint density at radius 1 is 1.24 bits per heavy atom. The first kappa shape index (κ1) is 17.4. The molecule has 0 radical (unpaired) electrons. The van der Waals surface area contributed by atoms with E-state index in [-0.39, 0.29) is 11.8 Å². The molecule has 0 saturated heterocycles. The van der Waals surface area contributed by atoms with E-state index in [9.17, 15) is 4.79 Å². The molecule has 0 saturated carbocycles. The molecule has 1 unspecified atom stereocenters. The average Bonchev–Trinajstić information content (AvgIpc) is 2.65. The Hall–Kier alpha value is -2.40. The number of methoxy groups -OCH3 is 1. The fourth-order valence-corrected chi connectivity index (χ4v) is 2.95. The fraction of sp³-hybridized carbons (Fsp3) is 0.316. The van der Waals surface area contributed by atoms with Crippen LogP contribution in [0.25, 0.3) is 0 Å². The summed E-state index contributed by atoms with van der Waals surface area (Å²) in [5.41, 5.74) is 0.984. The van der Waals surface area contributed by atoms with Crippen LogP contribution in [0.2, 0.25) is 5.02 Å². The largest absolute Gasteiger partial charge is 0.493 e. The van der Waals surface area contributed by atoms with E-state index >= 15 is 0 Å². The van der Waals surface area contributed by atoms with Crippen molar-refractivity contribution in [3.8, 4) is 17.2 Å². The number of hydrogen-bond acceptors (Lipinski definition) is 4. The van der Waals surface area contributed by atoms with Gasteiger partial charge in [0, 0.05) is 0 Å². The third-order valence-corrected chi connectivity index (χ3v) is 4.35. The van der Waals surface area contributed by atoms with Crippen LogP contribution in [-0.4, -0.2) is 32.8 Å². The number of carbonyl (C=O) groups is 1. The molecule has 132 valence electrons. The summed E-state index contributed by atoms with van der Waals surface area (Å²) in [6.07, 6.45) is 0.629. The Morgan fingerprint density at radius 2 is 2.04 bits per heavy atom. The van der Waals surface area contributed by atoms with E-state index in [0.29, 0.717) is 42.7 Å². The van der Waals surface area contributed by atoms with E-state index < -0.39 is 0 Å². The minimum Gasteiger partial charge on any atom is -0.493 e. The second-order valence-electron chi connectivity index (χ2n) is 5.73. The minimum atomic E-state index is -0.222. The number of fused-ring (bicyclic) bond motifs is 1. The van der Waals surface area contributed by atoms with Crippen LogP contribution in [0.3, 0.4) is 0 Å². The number of ether oxygens (including phenoxy) is 3. The molecular weight excluding hydrogens is 342 g/mol. The standard InChI is InChI=1S/C19H20ClNO4/c1-23-17-8-4-5-13-11-14(12-25-18(13)17)19(22)21-9-10-24-16-7-3-2-6-15(16)20/h2-8,14H,9-12H2,1H3,(H,21,22). The van der Waals surface area contributed by atoms with Gasteiger partial charge in [-0.25, -0.2) is 0 Å². The van der Waals surface area contributed by atoms with E-state index in [4.69, 9.17) is 25.8 Å². The third kappa shape index (κ3) is 4.17. The van der Waals surface area contributed by atoms with Gasteiger partial charge < -0.3 is 19.5 Å². The predicted octanol–water partition coefficient (Wildman–Crippen LogP) is 3.09. The number of carbonyl (C=O) groups excluding carboxylic acids is 1. The highest BCUT2D eigenvalue weighted by molar-refractivity contribution is 6.32. The minimum absolute atomic E-state index is 0.0452. The second-order valence-corrected chi connectivity index (χ2v) is 6.14. The number of hydrogen-bond donors (Lipinski definition) is 1. The number of amides is 1. The highest BCUT2D eigenvalue weighted by Gasteiger charge is 2.27. The van der Waals surface area contributed by atoms with E-state index in [1.54, 1.807) is 19.2 Å². The van der Waals surface area contributed by atoms with Gasteiger partial charge in [-0.15, -0.1) is 0 Å². The van der Waals surface area contributed by atoms with E-state index in [0.717, 1.165) is 11.3 Å². The normalized spacial score (nSPS) is 15.7. The van der Waals surface area contributed by atoms with Gasteiger partial charge in [-0.1, -0.05) is 35.9 Å². The summed E-state index contributed by atoms with van der Waals surface area (Å²) in [6, 6.07) is 13.0. The molecule has 1 amide bonds. The van der Waals surface area contributed by atoms with Crippen molar-refractivity contribution >= 4 is 17.5 Å². The SMILES string of the molecule is COc1cccc2c1OCC(C(=O)NCCOc1ccccc1Cl)C2. The van der Waals surface area contributed by atoms with Crippen molar-refractivity contribution < 1.29 is 19.0 Å². The van der Waals surface area contributed by atoms with Crippen molar-refractivity contribution in [2.75, 3.05) is 26.9 Å². The smallest absolute Gasteiger partial charge is 0.227 e. The van der Waals surface area contributed by atoms with Crippen LogP contribution >= 0.6 is 11.6 Å². The molecule has 1 atom stereocenters. The van der Waals surface area contributed by atoms with Crippen molar-refractivity contribution in [3.63, 3.8) is 0 Å². The van der Waals surface area contributed by atoms with Crippen LogP contribution < -0.4 is 19.5 Å². The molecular formula is C19H20ClNO4. The molecule has 1 aliphatic rings. The molecule has 6 heteroatoms. The Kier molecular flexibility index (Phi) is 5.66. The second kappa shape index (κ2) is 8.12. The average molecular weight is 362 g/mol. The monoisotopic (exact) mass is 361 g/mol. The van der Waals surface area contributed by atoms with Crippen molar-refractivity contribution in [1.82, 2.24) is 5.32 Å². The molecule has 1 aliphatic heterocycles. The number of para-hydroxylation sites is 2. The Bertz CT molecular complexity index is 750. The van der Waals surface area contributed by atoms with Gasteiger partial charge in [0.15, 0.2) is 11.5 Å². The number of rotatable bonds is 6. The van der Waals surface area contributed by atoms with Crippen molar-refractivity contribution in [3.05, 3.63) is 53.1 Å². The molecule has 0 aromatic heterocycles. The Morgan fingerprint density at radius 3 is 2.84 bits per heavy atom. The number of nitrogens with one attached hydrogen (secondary N) is 1. The zero-order valence-electron chi connectivity index (χ0n) is 14.0. The first-order valence-electron chi connectivity index (χ1n) is 8.12. The van der Waals surface area contributed by atoms with Crippen LogP contribution in [0.4, 0.5) is 0 Å². The Balaban J connectivity index is 1.48. The van der Waals surface area contributed by atoms with Gasteiger partial charge in [-0.2, -0.15) is 0 Å². The zero-order chi connectivity index (χ0) is 17.6. The first-order chi connectivity index (χ1) is 12.2. The topological polar surface area (TPSA) is 56.8 Å². The lowest BCUT2D eigenvalue weighted by atomic mass is 9.95. The molecule has 1 heterocycles. The highest BCUT2D eigenvalue weighted by Crippen LogP contribution is 2.36. The number of halogens is 1. The lowest BCUT2D eigenvalue weighted by molar-refractivity contribution is -0.126. The summed E-state index contributed by atoms with van der Waals surface area (Å²) in [7, 11) is 1.61. The van der Waals surface area contributed by atoms with E-state index in [1.807, 2.05) is 30.3 Å². The first-order valence-corrected chi connectivity index (χ1v) is 8.50. The van der Waals surface area contributed by atoms with Gasteiger partial charge in [0.1, 0.15) is 19.0 Å². The summed E-state index contributed by atoms with van der Waals surface area (Å²) in [5.74, 6) is 1.78. The maximum absolute atomic E-state index is 12.3. The van der Waals surface area contributed by atoms with Crippen LogP contribution in [0.15, 0.2) is 42.5 Å². The van der Waals surface area contributed by atoms with Crippen LogP contribution in [0.5, 0.6) is 17.2 Å². The summed E-state index contributed by atoms with van der Waals surface area (Å²) in [5, 5.41) is 3.44. The zero-order valence-corrected chi connectivity index (χ0v) is 14.7. The molecule has 0 spiro atoms. The molecule has 3 rings (SSSR count). The molecule has 2 aromatic carbocycles. The Labute approximate surface area is 151 Å². The van der Waals surface area contributed by atoms with Gasteiger partial charge in [0.25, 0.3) is 0 Å². The van der Waals surface area contributed by atoms with Crippen molar-refractivity contribution in [2.45, 2.75) is 6.42 Å². The molecule has 0 aliphatic carbocycles. The maximum Gasteiger partial charge on any atom is 0.227 e. The summed E-state index contributed by atoms with van der Waals surface area (Å²) in [6.45, 7) is 1.10. The van der Waals surface area contributed by atoms with Crippen LogP contribution in [-0.2, 0) is 11.2 Å². The van der Waals surface area contributed by atoms with Gasteiger partial charge >= 0.3 is 0 Å². The van der Waals surface area contributed by atoms with Gasteiger partial charge in [0.2, 0.25) is 5.91 Å². The molecule has 1 N–H and O–H groups in total. The highest BCUT2D eigenvalue weighted by atomic mass is 35.5. The predicted molar refractivity (Wildman–Crippen MR) is 95.6 cm³/mol. The van der Waals surface area contributed by atoms with Crippen molar-refractivity contribution in [2.24, 2.45) is 5.92 Å². The van der Waals surface area contributed by atoms with E-state index in [2.05, 4.69) is 5.32 Å². The number of benzene rings is 2. The summed E-state index contributed by atoms with van der Waals surface area (Å²) >= 11 is 6.02. The van der Waals surface area contributed by atoms with Gasteiger partial charge in [-0.05, 0) is 30.2 Å². The molecule has 25 heavy (non-hydrogen) atoms. The fourth-order valence-electron chi connectivity index (χ4n) is 2.76. The molecule has 0 bridgehead atoms. The molecule has 5 nitrogen and oxygen atoms in total.